The molecule has 0 aromatic heterocycles. The lowest BCUT2D eigenvalue weighted by Gasteiger charge is -2.06. The summed E-state index contributed by atoms with van der Waals surface area (Å²) in [6, 6.07) is 10.7. The van der Waals surface area contributed by atoms with Crippen molar-refractivity contribution in [3.8, 4) is 11.1 Å². The van der Waals surface area contributed by atoms with Crippen LogP contribution in [0.15, 0.2) is 36.4 Å². The molecule has 0 amide bonds. The molecule has 1 aliphatic rings. The van der Waals surface area contributed by atoms with Crippen LogP contribution in [0.3, 0.4) is 0 Å². The van der Waals surface area contributed by atoms with Crippen molar-refractivity contribution in [1.29, 1.82) is 0 Å². The molecular formula is C14H11ClFN. The lowest BCUT2D eigenvalue weighted by Crippen LogP contribution is -1.90. The van der Waals surface area contributed by atoms with Crippen LogP contribution < -0.4 is 5.32 Å². The van der Waals surface area contributed by atoms with Crippen molar-refractivity contribution in [3.63, 3.8) is 0 Å². The first kappa shape index (κ1) is 10.6. The minimum Gasteiger partial charge on any atom is -0.384 e. The average molecular weight is 248 g/mol. The number of rotatable bonds is 1. The summed E-state index contributed by atoms with van der Waals surface area (Å²) in [5.41, 5.74) is 4.29. The Hall–Kier alpha value is -1.54. The smallest absolute Gasteiger partial charge is 0.125 e. The van der Waals surface area contributed by atoms with Crippen LogP contribution in [0, 0.1) is 5.82 Å². The molecule has 0 atom stereocenters. The third kappa shape index (κ3) is 2.01. The molecule has 0 aliphatic carbocycles. The number of hydrogen-bond acceptors (Lipinski definition) is 1. The fourth-order valence-electron chi connectivity index (χ4n) is 2.20. The van der Waals surface area contributed by atoms with Crippen LogP contribution in [0.1, 0.15) is 5.56 Å². The molecule has 0 unspecified atom stereocenters. The van der Waals surface area contributed by atoms with E-state index in [1.807, 2.05) is 12.1 Å². The van der Waals surface area contributed by atoms with Gasteiger partial charge in [0.15, 0.2) is 0 Å². The number of halogens is 2. The van der Waals surface area contributed by atoms with E-state index in [-0.39, 0.29) is 5.82 Å². The van der Waals surface area contributed by atoms with Crippen molar-refractivity contribution < 1.29 is 4.39 Å². The van der Waals surface area contributed by atoms with Crippen molar-refractivity contribution in [3.05, 3.63) is 52.8 Å². The van der Waals surface area contributed by atoms with Crippen molar-refractivity contribution in [1.82, 2.24) is 0 Å². The number of anilines is 1. The van der Waals surface area contributed by atoms with E-state index in [1.165, 1.54) is 23.4 Å². The monoisotopic (exact) mass is 247 g/mol. The lowest BCUT2D eigenvalue weighted by atomic mass is 10.0. The second-order valence-corrected chi connectivity index (χ2v) is 4.64. The summed E-state index contributed by atoms with van der Waals surface area (Å²) in [6.45, 7) is 0.975. The van der Waals surface area contributed by atoms with Gasteiger partial charge in [0.25, 0.3) is 0 Å². The van der Waals surface area contributed by atoms with Gasteiger partial charge in [-0.3, -0.25) is 0 Å². The molecule has 0 radical (unpaired) electrons. The Balaban J connectivity index is 2.09. The second kappa shape index (κ2) is 4.04. The quantitative estimate of drug-likeness (QED) is 0.800. The van der Waals surface area contributed by atoms with Crippen molar-refractivity contribution in [2.75, 3.05) is 11.9 Å². The Labute approximate surface area is 104 Å². The van der Waals surface area contributed by atoms with Crippen LogP contribution in [0.25, 0.3) is 11.1 Å². The van der Waals surface area contributed by atoms with Crippen molar-refractivity contribution in [2.45, 2.75) is 6.42 Å². The zero-order chi connectivity index (χ0) is 11.8. The van der Waals surface area contributed by atoms with Gasteiger partial charge in [0.1, 0.15) is 5.82 Å². The molecule has 0 fully saturated rings. The fourth-order valence-corrected chi connectivity index (χ4v) is 2.43. The highest BCUT2D eigenvalue weighted by Gasteiger charge is 2.11. The van der Waals surface area contributed by atoms with Gasteiger partial charge < -0.3 is 5.32 Å². The molecule has 17 heavy (non-hydrogen) atoms. The van der Waals surface area contributed by atoms with E-state index in [1.54, 1.807) is 6.07 Å². The Morgan fingerprint density at radius 1 is 1.06 bits per heavy atom. The molecule has 3 rings (SSSR count). The summed E-state index contributed by atoms with van der Waals surface area (Å²) in [6.07, 6.45) is 1.02. The van der Waals surface area contributed by atoms with Crippen molar-refractivity contribution in [2.24, 2.45) is 0 Å². The minimum absolute atomic E-state index is 0.300. The predicted octanol–water partition coefficient (Wildman–Crippen LogP) is 4.11. The standard InChI is InChI=1S/C14H11ClFN/c15-12-6-11(7-13(16)8-12)9-1-2-14-10(5-9)3-4-17-14/h1-2,5-8,17H,3-4H2. The topological polar surface area (TPSA) is 12.0 Å². The molecule has 2 aromatic carbocycles. The number of nitrogens with one attached hydrogen (secondary N) is 1. The fraction of sp³-hybridized carbons (Fsp3) is 0.143. The molecule has 0 bridgehead atoms. The van der Waals surface area contributed by atoms with Gasteiger partial charge in [-0.15, -0.1) is 0 Å². The first-order chi connectivity index (χ1) is 8.22. The zero-order valence-electron chi connectivity index (χ0n) is 9.13. The highest BCUT2D eigenvalue weighted by atomic mass is 35.5. The largest absolute Gasteiger partial charge is 0.384 e. The second-order valence-electron chi connectivity index (χ2n) is 4.21. The molecule has 1 nitrogen and oxygen atoms in total. The van der Waals surface area contributed by atoms with E-state index in [0.717, 1.165) is 24.1 Å². The maximum Gasteiger partial charge on any atom is 0.125 e. The van der Waals surface area contributed by atoms with Gasteiger partial charge in [-0.25, -0.2) is 4.39 Å². The van der Waals surface area contributed by atoms with E-state index in [4.69, 9.17) is 11.6 Å². The normalized spacial score (nSPS) is 13.3. The van der Waals surface area contributed by atoms with E-state index in [9.17, 15) is 4.39 Å². The summed E-state index contributed by atoms with van der Waals surface area (Å²) in [5, 5.41) is 3.73. The minimum atomic E-state index is -0.300. The molecule has 2 aromatic rings. The molecule has 1 N–H and O–H groups in total. The van der Waals surface area contributed by atoms with Crippen LogP contribution in [0.4, 0.5) is 10.1 Å². The van der Waals surface area contributed by atoms with E-state index < -0.39 is 0 Å². The molecule has 86 valence electrons. The molecule has 1 heterocycles. The average Bonchev–Trinajstić information content (AvgIpc) is 2.74. The SMILES string of the molecule is Fc1cc(Cl)cc(-c2ccc3c(c2)CCN3)c1. The van der Waals surface area contributed by atoms with Gasteiger partial charge in [-0.1, -0.05) is 17.7 Å². The first-order valence-electron chi connectivity index (χ1n) is 5.56. The van der Waals surface area contributed by atoms with E-state index in [2.05, 4.69) is 11.4 Å². The molecule has 0 saturated heterocycles. The van der Waals surface area contributed by atoms with Gasteiger partial charge in [-0.2, -0.15) is 0 Å². The highest BCUT2D eigenvalue weighted by Crippen LogP contribution is 2.30. The van der Waals surface area contributed by atoms with Gasteiger partial charge >= 0.3 is 0 Å². The molecule has 0 spiro atoms. The Morgan fingerprint density at radius 2 is 1.94 bits per heavy atom. The summed E-state index contributed by atoms with van der Waals surface area (Å²) in [5.74, 6) is -0.300. The number of benzene rings is 2. The van der Waals surface area contributed by atoms with Crippen LogP contribution >= 0.6 is 11.6 Å². The van der Waals surface area contributed by atoms with Crippen LogP contribution in [0.5, 0.6) is 0 Å². The van der Waals surface area contributed by atoms with Gasteiger partial charge in [0.05, 0.1) is 0 Å². The summed E-state index contributed by atoms with van der Waals surface area (Å²) in [4.78, 5) is 0. The van der Waals surface area contributed by atoms with Crippen LogP contribution in [-0.4, -0.2) is 6.54 Å². The Morgan fingerprint density at radius 3 is 2.76 bits per heavy atom. The predicted molar refractivity (Wildman–Crippen MR) is 69.0 cm³/mol. The lowest BCUT2D eigenvalue weighted by molar-refractivity contribution is 0.628. The third-order valence-corrected chi connectivity index (χ3v) is 3.23. The zero-order valence-corrected chi connectivity index (χ0v) is 9.89. The van der Waals surface area contributed by atoms with Crippen LogP contribution in [0.2, 0.25) is 5.02 Å². The summed E-state index contributed by atoms with van der Waals surface area (Å²) >= 11 is 5.86. The third-order valence-electron chi connectivity index (χ3n) is 3.01. The summed E-state index contributed by atoms with van der Waals surface area (Å²) < 4.78 is 13.3. The molecular weight excluding hydrogens is 237 g/mol. The summed E-state index contributed by atoms with van der Waals surface area (Å²) in [7, 11) is 0. The molecule has 0 saturated carbocycles. The van der Waals surface area contributed by atoms with Crippen molar-refractivity contribution >= 4 is 17.3 Å². The van der Waals surface area contributed by atoms with Gasteiger partial charge in [0.2, 0.25) is 0 Å². The first-order valence-corrected chi connectivity index (χ1v) is 5.93. The van der Waals surface area contributed by atoms with E-state index in [0.29, 0.717) is 5.02 Å². The highest BCUT2D eigenvalue weighted by molar-refractivity contribution is 6.30. The van der Waals surface area contributed by atoms with Crippen LogP contribution in [-0.2, 0) is 6.42 Å². The van der Waals surface area contributed by atoms with Gasteiger partial charge in [-0.05, 0) is 53.4 Å². The number of fused-ring (bicyclic) bond motifs is 1. The molecule has 3 heteroatoms. The van der Waals surface area contributed by atoms with Gasteiger partial charge in [0, 0.05) is 17.3 Å². The Kier molecular flexibility index (Phi) is 2.52. The maximum atomic E-state index is 13.3. The van der Waals surface area contributed by atoms with E-state index >= 15 is 0 Å². The maximum absolute atomic E-state index is 13.3. The Bertz CT molecular complexity index is 560. The number of hydrogen-bond donors (Lipinski definition) is 1. The molecule has 1 aliphatic heterocycles.